The van der Waals surface area contributed by atoms with Crippen molar-refractivity contribution in [1.82, 2.24) is 0 Å². The average molecular weight is 207 g/mol. The van der Waals surface area contributed by atoms with E-state index in [-0.39, 0.29) is 18.5 Å². The van der Waals surface area contributed by atoms with Crippen molar-refractivity contribution in [3.05, 3.63) is 11.6 Å². The zero-order valence-corrected chi connectivity index (χ0v) is 9.16. The van der Waals surface area contributed by atoms with Gasteiger partial charge in [-0.25, -0.2) is 4.79 Å². The predicted octanol–water partition coefficient (Wildman–Crippen LogP) is 2.72. The number of carbonyl (C=O) groups is 1. The van der Waals surface area contributed by atoms with E-state index in [1.807, 2.05) is 12.1 Å². The van der Waals surface area contributed by atoms with Crippen LogP contribution in [0, 0.1) is 11.3 Å². The van der Waals surface area contributed by atoms with Crippen LogP contribution in [0.25, 0.3) is 0 Å². The number of hydrogen-bond donors (Lipinski definition) is 0. The van der Waals surface area contributed by atoms with Gasteiger partial charge >= 0.3 is 5.97 Å². The maximum absolute atomic E-state index is 11.6. The van der Waals surface area contributed by atoms with Crippen LogP contribution in [0.1, 0.15) is 45.4 Å². The Morgan fingerprint density at radius 2 is 2.40 bits per heavy atom. The van der Waals surface area contributed by atoms with Crippen LogP contribution in [-0.2, 0) is 9.53 Å². The van der Waals surface area contributed by atoms with Gasteiger partial charge in [0.15, 0.2) is 0 Å². The largest absolute Gasteiger partial charge is 0.458 e. The fraction of sp³-hybridized carbons (Fsp3) is 0.667. The van der Waals surface area contributed by atoms with Gasteiger partial charge in [0.1, 0.15) is 6.10 Å². The van der Waals surface area contributed by atoms with Crippen molar-refractivity contribution in [3.8, 4) is 6.07 Å². The van der Waals surface area contributed by atoms with Crippen molar-refractivity contribution >= 4 is 5.97 Å². The van der Waals surface area contributed by atoms with Crippen molar-refractivity contribution in [2.45, 2.75) is 51.6 Å². The summed E-state index contributed by atoms with van der Waals surface area (Å²) in [6.45, 7) is 1.75. The van der Waals surface area contributed by atoms with E-state index in [1.165, 1.54) is 6.42 Å². The number of nitriles is 1. The molecule has 1 rings (SSSR count). The monoisotopic (exact) mass is 207 g/mol. The third kappa shape index (κ3) is 4.16. The molecule has 0 radical (unpaired) electrons. The molecule has 0 amide bonds. The molecule has 15 heavy (non-hydrogen) atoms. The SMILES string of the molecule is CC(CC#N)OC(=O)C1=CCCCCC1. The lowest BCUT2D eigenvalue weighted by Gasteiger charge is -2.11. The lowest BCUT2D eigenvalue weighted by atomic mass is 10.1. The topological polar surface area (TPSA) is 50.1 Å². The normalized spacial score (nSPS) is 18.3. The lowest BCUT2D eigenvalue weighted by Crippen LogP contribution is -2.16. The second-order valence-corrected chi connectivity index (χ2v) is 3.91. The summed E-state index contributed by atoms with van der Waals surface area (Å²) >= 11 is 0. The summed E-state index contributed by atoms with van der Waals surface area (Å²) in [6.07, 6.45) is 7.13. The summed E-state index contributed by atoms with van der Waals surface area (Å²) < 4.78 is 5.16. The molecule has 82 valence electrons. The third-order valence-electron chi connectivity index (χ3n) is 2.49. The van der Waals surface area contributed by atoms with E-state index < -0.39 is 0 Å². The summed E-state index contributed by atoms with van der Waals surface area (Å²) in [5, 5.41) is 8.45. The first kappa shape index (κ1) is 11.8. The number of hydrogen-bond acceptors (Lipinski definition) is 3. The molecule has 3 nitrogen and oxygen atoms in total. The van der Waals surface area contributed by atoms with Gasteiger partial charge in [-0.15, -0.1) is 0 Å². The van der Waals surface area contributed by atoms with Gasteiger partial charge in [0.2, 0.25) is 0 Å². The summed E-state index contributed by atoms with van der Waals surface area (Å²) in [6, 6.07) is 1.99. The third-order valence-corrected chi connectivity index (χ3v) is 2.49. The summed E-state index contributed by atoms with van der Waals surface area (Å²) in [5.74, 6) is -0.236. The van der Waals surface area contributed by atoms with Crippen LogP contribution in [0.15, 0.2) is 11.6 Å². The van der Waals surface area contributed by atoms with Crippen molar-refractivity contribution in [1.29, 1.82) is 5.26 Å². The van der Waals surface area contributed by atoms with Crippen LogP contribution >= 0.6 is 0 Å². The summed E-state index contributed by atoms with van der Waals surface area (Å²) in [4.78, 5) is 11.6. The second-order valence-electron chi connectivity index (χ2n) is 3.91. The highest BCUT2D eigenvalue weighted by Gasteiger charge is 2.15. The van der Waals surface area contributed by atoms with Gasteiger partial charge in [0.05, 0.1) is 12.5 Å². The quantitative estimate of drug-likeness (QED) is 0.668. The highest BCUT2D eigenvalue weighted by atomic mass is 16.5. The molecule has 0 fully saturated rings. The van der Waals surface area contributed by atoms with Gasteiger partial charge in [0, 0.05) is 5.57 Å². The number of rotatable bonds is 3. The van der Waals surface area contributed by atoms with E-state index in [0.717, 1.165) is 31.3 Å². The minimum atomic E-state index is -0.299. The fourth-order valence-corrected chi connectivity index (χ4v) is 1.63. The van der Waals surface area contributed by atoms with E-state index in [1.54, 1.807) is 6.92 Å². The minimum absolute atomic E-state index is 0.236. The smallest absolute Gasteiger partial charge is 0.333 e. The Hall–Kier alpha value is -1.30. The molecule has 1 unspecified atom stereocenters. The molecule has 0 heterocycles. The Kier molecular flexibility index (Phi) is 4.89. The molecule has 0 aromatic heterocycles. The lowest BCUT2D eigenvalue weighted by molar-refractivity contribution is -0.143. The first-order valence-electron chi connectivity index (χ1n) is 5.51. The van der Waals surface area contributed by atoms with Gasteiger partial charge in [-0.2, -0.15) is 5.26 Å². The highest BCUT2D eigenvalue weighted by molar-refractivity contribution is 5.88. The zero-order chi connectivity index (χ0) is 11.1. The Bertz CT molecular complexity index is 288. The molecule has 1 aliphatic carbocycles. The Balaban J connectivity index is 2.45. The summed E-state index contributed by atoms with van der Waals surface area (Å²) in [7, 11) is 0. The van der Waals surface area contributed by atoms with Crippen molar-refractivity contribution in [3.63, 3.8) is 0 Å². The Morgan fingerprint density at radius 1 is 1.60 bits per heavy atom. The average Bonchev–Trinajstić information content (AvgIpc) is 2.45. The molecule has 0 aromatic rings. The van der Waals surface area contributed by atoms with E-state index in [4.69, 9.17) is 10.00 Å². The molecule has 3 heteroatoms. The number of allylic oxidation sites excluding steroid dienone is 1. The standard InChI is InChI=1S/C12H17NO2/c1-10(8-9-13)15-12(14)11-6-4-2-3-5-7-11/h6,10H,2-5,7-8H2,1H3. The minimum Gasteiger partial charge on any atom is -0.458 e. The maximum Gasteiger partial charge on any atom is 0.333 e. The molecule has 0 bridgehead atoms. The molecule has 0 N–H and O–H groups in total. The Morgan fingerprint density at radius 3 is 3.13 bits per heavy atom. The fourth-order valence-electron chi connectivity index (χ4n) is 1.63. The molecule has 1 aliphatic rings. The van der Waals surface area contributed by atoms with Crippen LogP contribution < -0.4 is 0 Å². The van der Waals surface area contributed by atoms with Crippen LogP contribution in [0.3, 0.4) is 0 Å². The van der Waals surface area contributed by atoms with Gasteiger partial charge < -0.3 is 4.74 Å². The predicted molar refractivity (Wildman–Crippen MR) is 57.0 cm³/mol. The van der Waals surface area contributed by atoms with E-state index in [9.17, 15) is 4.79 Å². The molecule has 0 spiro atoms. The first-order chi connectivity index (χ1) is 7.24. The van der Waals surface area contributed by atoms with Gasteiger partial charge in [-0.3, -0.25) is 0 Å². The Labute approximate surface area is 90.7 Å². The van der Waals surface area contributed by atoms with Crippen LogP contribution in [0.2, 0.25) is 0 Å². The zero-order valence-electron chi connectivity index (χ0n) is 9.16. The van der Waals surface area contributed by atoms with Crippen molar-refractivity contribution in [2.24, 2.45) is 0 Å². The van der Waals surface area contributed by atoms with Crippen LogP contribution in [0.5, 0.6) is 0 Å². The van der Waals surface area contributed by atoms with Crippen LogP contribution in [-0.4, -0.2) is 12.1 Å². The molecular formula is C12H17NO2. The number of esters is 1. The van der Waals surface area contributed by atoms with Gasteiger partial charge in [-0.1, -0.05) is 12.5 Å². The maximum atomic E-state index is 11.6. The molecule has 0 saturated carbocycles. The number of ether oxygens (including phenoxy) is 1. The van der Waals surface area contributed by atoms with Crippen LogP contribution in [0.4, 0.5) is 0 Å². The summed E-state index contributed by atoms with van der Waals surface area (Å²) in [5.41, 5.74) is 0.789. The number of nitrogens with zero attached hydrogens (tertiary/aromatic N) is 1. The van der Waals surface area contributed by atoms with Crippen molar-refractivity contribution in [2.75, 3.05) is 0 Å². The van der Waals surface area contributed by atoms with Crippen molar-refractivity contribution < 1.29 is 9.53 Å². The van der Waals surface area contributed by atoms with E-state index in [0.29, 0.717) is 0 Å². The molecule has 1 atom stereocenters. The highest BCUT2D eigenvalue weighted by Crippen LogP contribution is 2.18. The van der Waals surface area contributed by atoms with Gasteiger partial charge in [0.25, 0.3) is 0 Å². The number of carbonyl (C=O) groups excluding carboxylic acids is 1. The molecular weight excluding hydrogens is 190 g/mol. The molecule has 0 saturated heterocycles. The van der Waals surface area contributed by atoms with E-state index >= 15 is 0 Å². The molecule has 0 aromatic carbocycles. The molecule has 0 aliphatic heterocycles. The second kappa shape index (κ2) is 6.23. The van der Waals surface area contributed by atoms with E-state index in [2.05, 4.69) is 0 Å². The van der Waals surface area contributed by atoms with Gasteiger partial charge in [-0.05, 0) is 32.6 Å². The first-order valence-corrected chi connectivity index (χ1v) is 5.51.